The lowest BCUT2D eigenvalue weighted by atomic mass is 10.2. The van der Waals surface area contributed by atoms with Crippen LogP contribution in [0.2, 0.25) is 65.5 Å². The summed E-state index contributed by atoms with van der Waals surface area (Å²) in [5, 5.41) is 7.74. The smallest absolute Gasteiger partial charge is 0.442 e. The van der Waals surface area contributed by atoms with Crippen molar-refractivity contribution in [3.63, 3.8) is 0 Å². The molecule has 6 N–H and O–H groups in total. The zero-order valence-corrected chi connectivity index (χ0v) is 136. The van der Waals surface area contributed by atoms with E-state index >= 15 is 0 Å². The van der Waals surface area contributed by atoms with Crippen molar-refractivity contribution in [2.45, 2.75) is 336 Å². The van der Waals surface area contributed by atoms with Gasteiger partial charge in [0, 0.05) is 197 Å². The number of hydrogen-bond donors (Lipinski definition) is 6. The van der Waals surface area contributed by atoms with Crippen molar-refractivity contribution in [2.24, 2.45) is 0 Å². The van der Waals surface area contributed by atoms with Crippen LogP contribution in [0.3, 0.4) is 0 Å². The zero-order valence-electron chi connectivity index (χ0n) is 77.5. The van der Waals surface area contributed by atoms with Crippen LogP contribution >= 0.6 is 0 Å². The lowest BCUT2D eigenvalue weighted by Gasteiger charge is -2.73. The monoisotopic (exact) mass is 2190 g/mol. The average molecular weight is 2200 g/mol. The minimum atomic E-state index is -4.41. The second-order valence-electron chi connectivity index (χ2n) is 54.3. The minimum absolute atomic E-state index is 0.0938. The Bertz CT molecular complexity index is 3000. The van der Waals surface area contributed by atoms with Gasteiger partial charge in [-0.05, 0) is 126 Å². The standard InChI is InChI=1S/C52H182O6Si46/c1-40(2,3)67-69(42(7,8)9)82(60)98-86(64)99-85(63)97-81(59)66-88(74(47(22,23)24)92(97)78(51(34,35)36)93(99)76(49(28,29)30)90(98)71(67)44(13,14)15)73(46(19,20)21)89-75(48(25,26)27)94-79(52(37,38)39)95-77(50(31,32)33)91-72(45(16,17)18)68(41(4,5)6)70(43(10,11)12)83(61)100(91)103(104(56,57)58)102(95)87(65-53)101(94)96(80(54)55)84(89)62/h53-58,67-103H,65-66H2,1-39,59-64H3. The molecule has 8 heterocycles. The van der Waals surface area contributed by atoms with E-state index in [0.717, 1.165) is 20.2 Å². The topological polar surface area (TPSA) is 121 Å². The molecule has 8 aliphatic heterocycles. The Morgan fingerprint density at radius 1 is 0.279 bits per heavy atom. The largest absolute Gasteiger partial charge is 0.450 e. The molecule has 8 fully saturated rings. The van der Waals surface area contributed by atoms with Crippen molar-refractivity contribution in [3.8, 4) is 0 Å². The second-order valence-corrected chi connectivity index (χ2v) is 586. The van der Waals surface area contributed by atoms with Crippen molar-refractivity contribution in [2.75, 3.05) is 0 Å². The first-order valence-electron chi connectivity index (χ1n) is 44.1. The van der Waals surface area contributed by atoms with Gasteiger partial charge >= 0.3 is 8.32 Å². The Hall–Kier alpha value is 9.74. The molecule has 0 radical (unpaired) electrons. The van der Waals surface area contributed by atoms with E-state index in [4.69, 9.17) is 0 Å². The molecule has 6 nitrogen and oxygen atoms in total. The Morgan fingerprint density at radius 2 is 0.548 bits per heavy atom. The maximum Gasteiger partial charge on any atom is 0.450 e. The van der Waals surface area contributed by atoms with Crippen molar-refractivity contribution in [1.82, 2.24) is 0 Å². The van der Waals surface area contributed by atoms with E-state index in [1.165, 1.54) is 19.5 Å². The molecule has 0 aromatic carbocycles. The van der Waals surface area contributed by atoms with Crippen molar-refractivity contribution in [3.05, 3.63) is 0 Å². The van der Waals surface area contributed by atoms with Crippen molar-refractivity contribution in [1.29, 1.82) is 0 Å². The highest BCUT2D eigenvalue weighted by atomic mass is 30.7. The summed E-state index contributed by atoms with van der Waals surface area (Å²) in [5.74, 6) is 0. The summed E-state index contributed by atoms with van der Waals surface area (Å²) >= 11 is 0. The highest BCUT2D eigenvalue weighted by Gasteiger charge is 2.81. The van der Waals surface area contributed by atoms with E-state index in [1.54, 1.807) is 0 Å². The molecule has 610 valence electrons. The highest BCUT2D eigenvalue weighted by molar-refractivity contribution is 8.41. The van der Waals surface area contributed by atoms with E-state index in [1.807, 2.05) is 39.0 Å². The summed E-state index contributed by atoms with van der Waals surface area (Å²) in [4.78, 5) is 82.1. The molecule has 0 saturated carbocycles. The van der Waals surface area contributed by atoms with Gasteiger partial charge in [0.1, 0.15) is 16.6 Å². The molecule has 0 aromatic heterocycles. The molecule has 0 aliphatic carbocycles. The number of rotatable bonds is 5. The SMILES string of the molecule is CC(C)(C)[SiH]([SiH]1[SiH2][SiH]([SiH3])[SiH]2[SiH]([SiH3])[SiH]3[SiH]([SiH3])[SiH]4[SiH]([SiH3])[SiH](C(C)(C)C)[SiH](C(C)(C)C)[SiH](C(C)(C)C)[SiH]4[SiH](C(C)(C)C)[SiH]3[SiH](C(C)(C)C)[SiH]2[SiH]1C(C)(C)C)[SiH]1[SiH]([SiH3])[SiH]([SiH](O)O)[SiH]2[SiH]([SiH2]O)[SiH]3[SiH]([SiH](C(C)(C)C)[SiH]2[SiH]1C(C)(C)C)[SiH](C(C)(C)C)[SiH]1[SiH]([SiH]([SiH3])[SiH](C(C)(C)C)[SiH](C(C)(C)C)[SiH]1C(C)(C)C)[SiH]3[Si](O)(O)O. The summed E-state index contributed by atoms with van der Waals surface area (Å²) in [6.45, 7) is 118. The first-order valence-corrected chi connectivity index (χ1v) is 209. The van der Waals surface area contributed by atoms with Gasteiger partial charge in [-0.15, -0.1) is 0 Å². The molecular weight excluding hydrogens is 2010 g/mol. The van der Waals surface area contributed by atoms with Gasteiger partial charge in [-0.2, -0.15) is 0 Å². The molecule has 0 amide bonds. The fourth-order valence-electron chi connectivity index (χ4n) is 34.4. The number of hydrogen-bond acceptors (Lipinski definition) is 6. The van der Waals surface area contributed by atoms with Gasteiger partial charge in [0.05, 0.1) is 7.35 Å². The molecule has 104 heavy (non-hydrogen) atoms. The van der Waals surface area contributed by atoms with E-state index in [2.05, 4.69) is 270 Å². The van der Waals surface area contributed by atoms with Gasteiger partial charge in [0.25, 0.3) is 8.80 Å². The van der Waals surface area contributed by atoms with E-state index in [9.17, 15) is 28.8 Å². The lowest BCUT2D eigenvalue weighted by molar-refractivity contribution is 0.260. The summed E-state index contributed by atoms with van der Waals surface area (Å²) in [6, 6.07) is 0. The Kier molecular flexibility index (Phi) is 31.4. The third-order valence-corrected chi connectivity index (χ3v) is 1540. The third kappa shape index (κ3) is 18.6. The van der Waals surface area contributed by atoms with Gasteiger partial charge in [-0.3, -0.25) is 0 Å². The molecule has 0 spiro atoms. The van der Waals surface area contributed by atoms with Crippen LogP contribution in [0, 0.1) is 0 Å². The average Bonchev–Trinajstić information content (AvgIpc) is 0.673. The molecule has 52 heteroatoms. The Labute approximate surface area is 718 Å². The molecule has 8 saturated heterocycles. The summed E-state index contributed by atoms with van der Waals surface area (Å²) in [6.07, 6.45) is 0. The number of fused-ring (bicyclic) bond motifs is 6. The van der Waals surface area contributed by atoms with E-state index in [0.29, 0.717) is 45.3 Å². The van der Waals surface area contributed by atoms with Crippen LogP contribution in [0.25, 0.3) is 0 Å². The van der Waals surface area contributed by atoms with Gasteiger partial charge < -0.3 is 28.8 Å². The minimum Gasteiger partial charge on any atom is -0.442 e. The van der Waals surface area contributed by atoms with Crippen LogP contribution in [0.5, 0.6) is 0 Å². The van der Waals surface area contributed by atoms with Crippen LogP contribution in [0.1, 0.15) is 270 Å². The van der Waals surface area contributed by atoms with Crippen molar-refractivity contribution >= 4 is 364 Å². The summed E-state index contributed by atoms with van der Waals surface area (Å²) in [7, 11) is -37.3. The first-order chi connectivity index (χ1) is 45.9. The molecule has 36 atom stereocenters. The zero-order chi connectivity index (χ0) is 80.8. The first kappa shape index (κ1) is 99.2. The second kappa shape index (κ2) is 32.9. The maximum absolute atomic E-state index is 13.8. The highest BCUT2D eigenvalue weighted by Crippen LogP contribution is 2.58. The fourth-order valence-corrected chi connectivity index (χ4v) is 4130. The fraction of sp³-hybridized carbons (Fsp3) is 1.00. The predicted octanol–water partition coefficient (Wildman–Crippen LogP) is -13.8. The van der Waals surface area contributed by atoms with Crippen LogP contribution < -0.4 is 0 Å². The quantitative estimate of drug-likeness (QED) is 0.153. The lowest BCUT2D eigenvalue weighted by Crippen LogP contribution is -3.07. The van der Waals surface area contributed by atoms with Gasteiger partial charge in [0.2, 0.25) is 0 Å². The predicted molar refractivity (Wildman–Crippen MR) is 617 cm³/mol. The van der Waals surface area contributed by atoms with Crippen LogP contribution in [0.15, 0.2) is 0 Å². The van der Waals surface area contributed by atoms with E-state index in [-0.39, 0.29) is 8.55 Å². The van der Waals surface area contributed by atoms with Crippen LogP contribution in [-0.4, -0.2) is 393 Å². The molecule has 0 aromatic rings. The molecule has 8 aliphatic rings. The van der Waals surface area contributed by atoms with E-state index < -0.39 is 297 Å². The Balaban J connectivity index is 1.46. The summed E-state index contributed by atoms with van der Waals surface area (Å²) in [5.41, 5.74) is 0. The Morgan fingerprint density at radius 3 is 0.846 bits per heavy atom. The van der Waals surface area contributed by atoms with Gasteiger partial charge in [0.15, 0.2) is 0 Å². The molecule has 0 bridgehead atoms. The van der Waals surface area contributed by atoms with Gasteiger partial charge in [-0.1, -0.05) is 336 Å². The van der Waals surface area contributed by atoms with Crippen molar-refractivity contribution < 1.29 is 28.8 Å². The molecule has 8 rings (SSSR count). The third-order valence-electron chi connectivity index (χ3n) is 34.5. The molecular formula is C52H182O6Si46. The maximum atomic E-state index is 13.8. The molecule has 36 unspecified atom stereocenters. The van der Waals surface area contributed by atoms with Crippen LogP contribution in [0.4, 0.5) is 0 Å². The summed E-state index contributed by atoms with van der Waals surface area (Å²) < 4.78 is 0. The normalized spacial score (nSPS) is 45.9. The van der Waals surface area contributed by atoms with Gasteiger partial charge in [-0.25, -0.2) is 0 Å². The van der Waals surface area contributed by atoms with Crippen LogP contribution in [-0.2, 0) is 0 Å².